The number of anilines is 1. The molecule has 0 spiro atoms. The molecular weight excluding hydrogens is 414 g/mol. The summed E-state index contributed by atoms with van der Waals surface area (Å²) in [5.74, 6) is -1.09. The van der Waals surface area contributed by atoms with Crippen molar-refractivity contribution in [1.82, 2.24) is 0 Å². The Hall–Kier alpha value is -1.73. The van der Waals surface area contributed by atoms with Crippen molar-refractivity contribution in [3.8, 4) is 0 Å². The molecule has 6 nitrogen and oxygen atoms in total. The molecule has 0 radical (unpaired) electrons. The van der Waals surface area contributed by atoms with Crippen LogP contribution in [0.15, 0.2) is 0 Å². The highest BCUT2D eigenvalue weighted by atomic mass is 32.1. The number of hydrogen-bond donors (Lipinski definition) is 0. The Kier molecular flexibility index (Phi) is 5.05. The van der Waals surface area contributed by atoms with Gasteiger partial charge in [0.05, 0.1) is 36.2 Å². The van der Waals surface area contributed by atoms with Crippen LogP contribution in [0.2, 0.25) is 0 Å². The summed E-state index contributed by atoms with van der Waals surface area (Å²) in [5.41, 5.74) is 1.64. The number of carbonyl (C=O) groups is 3. The van der Waals surface area contributed by atoms with Gasteiger partial charge in [0.2, 0.25) is 11.8 Å². The fourth-order valence-electron chi connectivity index (χ4n) is 6.01. The molecule has 3 saturated heterocycles. The lowest BCUT2D eigenvalue weighted by molar-refractivity contribution is -0.124. The van der Waals surface area contributed by atoms with Crippen LogP contribution in [0.1, 0.15) is 74.2 Å². The van der Waals surface area contributed by atoms with Gasteiger partial charge in [-0.05, 0) is 55.9 Å². The van der Waals surface area contributed by atoms with Crippen molar-refractivity contribution in [2.24, 2.45) is 23.2 Å². The van der Waals surface area contributed by atoms with Gasteiger partial charge < -0.3 is 9.47 Å². The van der Waals surface area contributed by atoms with E-state index in [0.717, 1.165) is 49.0 Å². The first-order chi connectivity index (χ1) is 14.8. The number of nitrogens with zero attached hydrogens (tertiary/aromatic N) is 1. The SMILES string of the molecule is CCOC(=O)c1c(N2C(=O)[C@@H]3[C@@H](C2=O)[C@@H]2CC[C@@H]3O2)sc2c1CC[C@H](C(C)(C)CC)C2. The van der Waals surface area contributed by atoms with Crippen LogP contribution in [-0.2, 0) is 31.9 Å². The molecule has 1 aromatic rings. The van der Waals surface area contributed by atoms with Gasteiger partial charge in [-0.3, -0.25) is 9.59 Å². The van der Waals surface area contributed by atoms with Crippen molar-refractivity contribution in [1.29, 1.82) is 0 Å². The minimum absolute atomic E-state index is 0.160. The van der Waals surface area contributed by atoms with Crippen LogP contribution >= 0.6 is 11.3 Å². The zero-order valence-electron chi connectivity index (χ0n) is 18.7. The summed E-state index contributed by atoms with van der Waals surface area (Å²) in [6.45, 7) is 8.86. The van der Waals surface area contributed by atoms with E-state index >= 15 is 0 Å². The third kappa shape index (κ3) is 3.03. The third-order valence-corrected chi connectivity index (χ3v) is 9.47. The summed E-state index contributed by atoms with van der Waals surface area (Å²) in [6.07, 6.45) is 5.10. The molecule has 0 aromatic carbocycles. The van der Waals surface area contributed by atoms with Crippen molar-refractivity contribution < 1.29 is 23.9 Å². The number of thiophene rings is 1. The molecule has 4 aliphatic rings. The lowest BCUT2D eigenvalue weighted by Crippen LogP contribution is -2.34. The van der Waals surface area contributed by atoms with Gasteiger partial charge in [0.15, 0.2) is 0 Å². The molecule has 1 aliphatic carbocycles. The number of rotatable bonds is 5. The predicted octanol–water partition coefficient (Wildman–Crippen LogP) is 4.13. The average Bonchev–Trinajstić information content (AvgIpc) is 3.49. The van der Waals surface area contributed by atoms with Gasteiger partial charge in [0.25, 0.3) is 0 Å². The molecule has 7 heteroatoms. The summed E-state index contributed by atoms with van der Waals surface area (Å²) in [7, 11) is 0. The lowest BCUT2D eigenvalue weighted by Gasteiger charge is -2.36. The molecule has 5 rings (SSSR count). The van der Waals surface area contributed by atoms with Gasteiger partial charge in [-0.25, -0.2) is 9.69 Å². The number of amides is 2. The van der Waals surface area contributed by atoms with Crippen molar-refractivity contribution >= 4 is 34.1 Å². The molecule has 2 bridgehead atoms. The summed E-state index contributed by atoms with van der Waals surface area (Å²) >= 11 is 1.46. The van der Waals surface area contributed by atoms with E-state index in [9.17, 15) is 14.4 Å². The molecule has 168 valence electrons. The van der Waals surface area contributed by atoms with E-state index in [-0.39, 0.29) is 36.0 Å². The second kappa shape index (κ2) is 7.41. The molecular formula is C24H31NO5S. The third-order valence-electron chi connectivity index (χ3n) is 8.23. The summed E-state index contributed by atoms with van der Waals surface area (Å²) < 4.78 is 11.2. The Morgan fingerprint density at radius 3 is 2.35 bits per heavy atom. The smallest absolute Gasteiger partial charge is 0.341 e. The number of hydrogen-bond acceptors (Lipinski definition) is 6. The first-order valence-electron chi connectivity index (χ1n) is 11.6. The quantitative estimate of drug-likeness (QED) is 0.503. The fourth-order valence-corrected chi connectivity index (χ4v) is 7.44. The van der Waals surface area contributed by atoms with Gasteiger partial charge in [-0.2, -0.15) is 0 Å². The maximum atomic E-state index is 13.4. The van der Waals surface area contributed by atoms with E-state index in [0.29, 0.717) is 16.5 Å². The van der Waals surface area contributed by atoms with Crippen LogP contribution in [0.25, 0.3) is 0 Å². The number of esters is 1. The Morgan fingerprint density at radius 1 is 1.13 bits per heavy atom. The molecule has 1 aromatic heterocycles. The molecule has 31 heavy (non-hydrogen) atoms. The van der Waals surface area contributed by atoms with Crippen LogP contribution < -0.4 is 4.90 Å². The molecule has 0 unspecified atom stereocenters. The van der Waals surface area contributed by atoms with Gasteiger partial charge in [-0.1, -0.05) is 27.2 Å². The van der Waals surface area contributed by atoms with Crippen LogP contribution in [0.3, 0.4) is 0 Å². The van der Waals surface area contributed by atoms with Gasteiger partial charge >= 0.3 is 5.97 Å². The second-order valence-corrected chi connectivity index (χ2v) is 11.1. The zero-order chi connectivity index (χ0) is 22.1. The molecule has 3 aliphatic heterocycles. The monoisotopic (exact) mass is 445 g/mol. The summed E-state index contributed by atoms with van der Waals surface area (Å²) in [5, 5.41) is 0.488. The zero-order valence-corrected chi connectivity index (χ0v) is 19.5. The van der Waals surface area contributed by atoms with Crippen molar-refractivity contribution in [2.75, 3.05) is 11.5 Å². The van der Waals surface area contributed by atoms with Crippen molar-refractivity contribution in [2.45, 2.75) is 78.4 Å². The number of carbonyl (C=O) groups excluding carboxylic acids is 3. The average molecular weight is 446 g/mol. The minimum atomic E-state index is -0.417. The molecule has 2 amide bonds. The van der Waals surface area contributed by atoms with Gasteiger partial charge in [0.1, 0.15) is 5.00 Å². The Bertz CT molecular complexity index is 922. The normalized spacial score (nSPS) is 31.9. The highest BCUT2D eigenvalue weighted by molar-refractivity contribution is 7.17. The first kappa shape index (κ1) is 21.1. The highest BCUT2D eigenvalue weighted by Gasteiger charge is 2.63. The standard InChI is InChI=1S/C24H31NO5S/c1-5-24(3,4)12-7-8-13-16(11-12)31-22(17(13)23(28)29-6-2)25-20(26)18-14-9-10-15(30-14)19(18)21(25)27/h12,14-15,18-19H,5-11H2,1-4H3/t12-,14-,15-,18-,19-/m0/s1. The number of fused-ring (bicyclic) bond motifs is 6. The molecule has 3 fully saturated rings. The first-order valence-corrected chi connectivity index (χ1v) is 12.4. The van der Waals surface area contributed by atoms with E-state index in [2.05, 4.69) is 20.8 Å². The van der Waals surface area contributed by atoms with E-state index < -0.39 is 17.8 Å². The maximum Gasteiger partial charge on any atom is 0.341 e. The summed E-state index contributed by atoms with van der Waals surface area (Å²) in [6, 6.07) is 0. The Labute approximate surface area is 187 Å². The number of ether oxygens (including phenoxy) is 2. The molecule has 4 heterocycles. The fraction of sp³-hybridized carbons (Fsp3) is 0.708. The van der Waals surface area contributed by atoms with Crippen LogP contribution in [-0.4, -0.2) is 36.6 Å². The Balaban J connectivity index is 1.56. The van der Waals surface area contributed by atoms with E-state index in [1.165, 1.54) is 16.2 Å². The minimum Gasteiger partial charge on any atom is -0.462 e. The predicted molar refractivity (Wildman–Crippen MR) is 117 cm³/mol. The van der Waals surface area contributed by atoms with Gasteiger partial charge in [-0.15, -0.1) is 11.3 Å². The largest absolute Gasteiger partial charge is 0.462 e. The second-order valence-electron chi connectivity index (χ2n) is 10.0. The lowest BCUT2D eigenvalue weighted by atomic mass is 9.69. The van der Waals surface area contributed by atoms with E-state index in [4.69, 9.17) is 9.47 Å². The van der Waals surface area contributed by atoms with E-state index in [1.54, 1.807) is 6.92 Å². The van der Waals surface area contributed by atoms with Gasteiger partial charge in [0, 0.05) is 4.88 Å². The molecule has 0 N–H and O–H groups in total. The van der Waals surface area contributed by atoms with Crippen LogP contribution in [0.5, 0.6) is 0 Å². The van der Waals surface area contributed by atoms with Crippen molar-refractivity contribution in [3.05, 3.63) is 16.0 Å². The van der Waals surface area contributed by atoms with Crippen LogP contribution in [0, 0.1) is 23.2 Å². The number of imide groups is 1. The van der Waals surface area contributed by atoms with Crippen molar-refractivity contribution in [3.63, 3.8) is 0 Å². The molecule has 5 atom stereocenters. The Morgan fingerprint density at radius 2 is 1.77 bits per heavy atom. The maximum absolute atomic E-state index is 13.4. The summed E-state index contributed by atoms with van der Waals surface area (Å²) in [4.78, 5) is 42.2. The highest BCUT2D eigenvalue weighted by Crippen LogP contribution is 2.53. The molecule has 0 saturated carbocycles. The van der Waals surface area contributed by atoms with E-state index in [1.807, 2.05) is 0 Å². The van der Waals surface area contributed by atoms with Crippen LogP contribution in [0.4, 0.5) is 5.00 Å². The topological polar surface area (TPSA) is 72.9 Å².